The smallest absolute Gasteiger partial charge is 0.307 e. The van der Waals surface area contributed by atoms with Crippen molar-refractivity contribution in [1.29, 1.82) is 0 Å². The van der Waals surface area contributed by atoms with Crippen LogP contribution in [0.15, 0.2) is 24.3 Å². The predicted molar refractivity (Wildman–Crippen MR) is 80.9 cm³/mol. The van der Waals surface area contributed by atoms with Crippen LogP contribution in [-0.2, 0) is 16.0 Å². The minimum atomic E-state index is -0.286. The Labute approximate surface area is 126 Å². The number of carbonyl (C=O) groups is 1. The molecule has 0 fully saturated rings. The Morgan fingerprint density at radius 3 is 2.55 bits per heavy atom. The van der Waals surface area contributed by atoms with Crippen LogP contribution in [0.3, 0.4) is 0 Å². The number of hydrogen-bond donors (Lipinski definition) is 1. The van der Waals surface area contributed by atoms with E-state index in [9.17, 15) is 4.79 Å². The van der Waals surface area contributed by atoms with E-state index in [0.29, 0.717) is 13.0 Å². The van der Waals surface area contributed by atoms with Gasteiger partial charge >= 0.3 is 5.97 Å². The van der Waals surface area contributed by atoms with Gasteiger partial charge in [0.1, 0.15) is 12.4 Å². The van der Waals surface area contributed by atoms with Gasteiger partial charge in [0.25, 0.3) is 0 Å². The Balaban J connectivity index is 0.00000361. The van der Waals surface area contributed by atoms with Crippen LogP contribution in [-0.4, -0.2) is 25.7 Å². The summed E-state index contributed by atoms with van der Waals surface area (Å²) in [7, 11) is 1.36. The maximum absolute atomic E-state index is 11.1. The normalized spacial score (nSPS) is 10.6. The summed E-state index contributed by atoms with van der Waals surface area (Å²) in [6.45, 7) is 2.16. The van der Waals surface area contributed by atoms with E-state index >= 15 is 0 Å². The molecule has 2 N–H and O–H groups in total. The second kappa shape index (κ2) is 10.1. The van der Waals surface area contributed by atoms with Crippen LogP contribution in [0.25, 0.3) is 0 Å². The van der Waals surface area contributed by atoms with Crippen LogP contribution in [0, 0.1) is 11.8 Å². The van der Waals surface area contributed by atoms with E-state index in [-0.39, 0.29) is 30.8 Å². The molecule has 1 aromatic carbocycles. The molecule has 0 aromatic heterocycles. The summed E-state index contributed by atoms with van der Waals surface area (Å²) in [4.78, 5) is 11.1. The lowest BCUT2D eigenvalue weighted by Crippen LogP contribution is -2.26. The maximum Gasteiger partial charge on any atom is 0.307 e. The van der Waals surface area contributed by atoms with Gasteiger partial charge in [0.2, 0.25) is 0 Å². The zero-order valence-electron chi connectivity index (χ0n) is 11.7. The van der Waals surface area contributed by atoms with Crippen molar-refractivity contribution in [3.05, 3.63) is 29.8 Å². The first-order valence-electron chi connectivity index (χ1n) is 6.09. The van der Waals surface area contributed by atoms with Gasteiger partial charge < -0.3 is 15.2 Å². The van der Waals surface area contributed by atoms with E-state index in [2.05, 4.69) is 16.6 Å². The van der Waals surface area contributed by atoms with Gasteiger partial charge in [0.15, 0.2) is 0 Å². The quantitative estimate of drug-likeness (QED) is 0.644. The van der Waals surface area contributed by atoms with Gasteiger partial charge in [0, 0.05) is 6.04 Å². The molecule has 1 rings (SSSR count). The van der Waals surface area contributed by atoms with Gasteiger partial charge in [-0.1, -0.05) is 18.1 Å². The third-order valence-corrected chi connectivity index (χ3v) is 2.57. The van der Waals surface area contributed by atoms with Crippen molar-refractivity contribution in [2.75, 3.05) is 13.7 Å². The van der Waals surface area contributed by atoms with Crippen molar-refractivity contribution in [3.63, 3.8) is 0 Å². The van der Waals surface area contributed by atoms with Crippen molar-refractivity contribution in [2.24, 2.45) is 5.73 Å². The molecule has 5 heteroatoms. The van der Waals surface area contributed by atoms with Crippen molar-refractivity contribution >= 4 is 18.4 Å². The van der Waals surface area contributed by atoms with E-state index in [1.54, 1.807) is 6.92 Å². The molecule has 0 radical (unpaired) electrons. The molecule has 0 aliphatic carbocycles. The van der Waals surface area contributed by atoms with Crippen molar-refractivity contribution in [2.45, 2.75) is 25.8 Å². The summed E-state index contributed by atoms with van der Waals surface area (Å²) >= 11 is 0. The molecule has 0 saturated carbocycles. The molecule has 0 heterocycles. The first kappa shape index (κ1) is 18.3. The molecule has 1 atom stereocenters. The van der Waals surface area contributed by atoms with Crippen molar-refractivity contribution < 1.29 is 14.3 Å². The molecular formula is C15H20ClNO3. The van der Waals surface area contributed by atoms with E-state index in [0.717, 1.165) is 11.3 Å². The Morgan fingerprint density at radius 1 is 1.35 bits per heavy atom. The topological polar surface area (TPSA) is 61.5 Å². The molecule has 110 valence electrons. The van der Waals surface area contributed by atoms with Crippen molar-refractivity contribution in [1.82, 2.24) is 0 Å². The highest BCUT2D eigenvalue weighted by molar-refractivity contribution is 5.85. The average molecular weight is 298 g/mol. The standard InChI is InChI=1S/C15H19NO3.ClH/c1-3-4-9-19-14-7-5-12(6-8-14)10-13(16)11-15(17)18-2;/h5-8,13H,9-11,16H2,1-2H3;1H/t13-;/m0./s1. The Hall–Kier alpha value is -1.70. The van der Waals surface area contributed by atoms with Gasteiger partial charge in [-0.05, 0) is 31.0 Å². The first-order valence-corrected chi connectivity index (χ1v) is 6.09. The van der Waals surface area contributed by atoms with Crippen molar-refractivity contribution in [3.8, 4) is 17.6 Å². The molecular weight excluding hydrogens is 278 g/mol. The van der Waals surface area contributed by atoms with E-state index in [4.69, 9.17) is 10.5 Å². The second-order valence-electron chi connectivity index (χ2n) is 4.10. The number of benzene rings is 1. The molecule has 0 amide bonds. The molecule has 1 aromatic rings. The number of halogens is 1. The summed E-state index contributed by atoms with van der Waals surface area (Å²) in [6, 6.07) is 7.39. The Kier molecular flexibility index (Phi) is 9.27. The third kappa shape index (κ3) is 7.03. The van der Waals surface area contributed by atoms with Crippen LogP contribution in [0.4, 0.5) is 0 Å². The largest absolute Gasteiger partial charge is 0.481 e. The molecule has 0 unspecified atom stereocenters. The fraction of sp³-hybridized carbons (Fsp3) is 0.400. The SMILES string of the molecule is CC#CCOc1ccc(C[C@H](N)CC(=O)OC)cc1.Cl. The van der Waals surface area contributed by atoms with E-state index in [1.165, 1.54) is 7.11 Å². The predicted octanol–water partition coefficient (Wildman–Crippen LogP) is 1.94. The number of ether oxygens (including phenoxy) is 2. The summed E-state index contributed by atoms with van der Waals surface area (Å²) in [5.74, 6) is 6.08. The lowest BCUT2D eigenvalue weighted by atomic mass is 10.0. The lowest BCUT2D eigenvalue weighted by molar-refractivity contribution is -0.140. The molecule has 4 nitrogen and oxygen atoms in total. The van der Waals surface area contributed by atoms with Crippen LogP contribution in [0.5, 0.6) is 5.75 Å². The van der Waals surface area contributed by atoms with Gasteiger partial charge in [-0.2, -0.15) is 0 Å². The van der Waals surface area contributed by atoms with Crippen LogP contribution < -0.4 is 10.5 Å². The Morgan fingerprint density at radius 2 is 2.00 bits per heavy atom. The molecule has 0 aliphatic heterocycles. The highest BCUT2D eigenvalue weighted by Crippen LogP contribution is 2.13. The van der Waals surface area contributed by atoms with Gasteiger partial charge in [-0.15, -0.1) is 18.3 Å². The molecule has 0 spiro atoms. The summed E-state index contributed by atoms with van der Waals surface area (Å²) in [6.07, 6.45) is 0.852. The number of rotatable bonds is 6. The summed E-state index contributed by atoms with van der Waals surface area (Å²) in [5.41, 5.74) is 6.93. The van der Waals surface area contributed by atoms with Crippen LogP contribution in [0.1, 0.15) is 18.9 Å². The Bertz CT molecular complexity index is 462. The number of esters is 1. The number of hydrogen-bond acceptors (Lipinski definition) is 4. The van der Waals surface area contributed by atoms with E-state index < -0.39 is 0 Å². The number of methoxy groups -OCH3 is 1. The number of nitrogens with two attached hydrogens (primary N) is 1. The highest BCUT2D eigenvalue weighted by Gasteiger charge is 2.10. The summed E-state index contributed by atoms with van der Waals surface area (Å²) < 4.78 is 9.99. The highest BCUT2D eigenvalue weighted by atomic mass is 35.5. The van der Waals surface area contributed by atoms with Gasteiger partial charge in [-0.25, -0.2) is 0 Å². The van der Waals surface area contributed by atoms with Crippen LogP contribution in [0.2, 0.25) is 0 Å². The zero-order valence-corrected chi connectivity index (χ0v) is 12.5. The molecule has 20 heavy (non-hydrogen) atoms. The zero-order chi connectivity index (χ0) is 14.1. The molecule has 0 saturated heterocycles. The first-order chi connectivity index (χ1) is 9.15. The fourth-order valence-corrected chi connectivity index (χ4v) is 1.59. The monoisotopic (exact) mass is 297 g/mol. The third-order valence-electron chi connectivity index (χ3n) is 2.57. The number of carbonyl (C=O) groups excluding carboxylic acids is 1. The molecule has 0 aliphatic rings. The summed E-state index contributed by atoms with van der Waals surface area (Å²) in [5, 5.41) is 0. The van der Waals surface area contributed by atoms with Gasteiger partial charge in [0.05, 0.1) is 13.5 Å². The maximum atomic E-state index is 11.1. The van der Waals surface area contributed by atoms with Gasteiger partial charge in [-0.3, -0.25) is 4.79 Å². The molecule has 0 bridgehead atoms. The van der Waals surface area contributed by atoms with Crippen LogP contribution >= 0.6 is 12.4 Å². The fourth-order valence-electron chi connectivity index (χ4n) is 1.59. The average Bonchev–Trinajstić information content (AvgIpc) is 2.40. The lowest BCUT2D eigenvalue weighted by Gasteiger charge is -2.10. The minimum Gasteiger partial charge on any atom is -0.481 e. The second-order valence-corrected chi connectivity index (χ2v) is 4.10. The van der Waals surface area contributed by atoms with E-state index in [1.807, 2.05) is 24.3 Å². The minimum absolute atomic E-state index is 0.